The minimum Gasteiger partial charge on any atom is -0.336 e. The summed E-state index contributed by atoms with van der Waals surface area (Å²) in [6, 6.07) is 16.0. The molecule has 7 heteroatoms. The molecular weight excluding hydrogens is 352 g/mol. The predicted octanol–water partition coefficient (Wildman–Crippen LogP) is 2.14. The fourth-order valence-electron chi connectivity index (χ4n) is 3.59. The number of aryl methyl sites for hydroxylation is 2. The maximum absolute atomic E-state index is 13.0. The molecule has 0 unspecified atom stereocenters. The highest BCUT2D eigenvalue weighted by Gasteiger charge is 2.23. The fraction of sp³-hybridized carbons (Fsp3) is 0.333. The van der Waals surface area contributed by atoms with Crippen LogP contribution in [0.15, 0.2) is 48.5 Å². The van der Waals surface area contributed by atoms with Gasteiger partial charge in [-0.05, 0) is 40.6 Å². The number of amides is 1. The molecular formula is C21H24N6O. The highest BCUT2D eigenvalue weighted by Crippen LogP contribution is 2.19. The Morgan fingerprint density at radius 2 is 1.82 bits per heavy atom. The lowest BCUT2D eigenvalue weighted by atomic mass is 10.1. The van der Waals surface area contributed by atoms with E-state index in [2.05, 4.69) is 51.6 Å². The highest BCUT2D eigenvalue weighted by atomic mass is 16.2. The normalized spacial score (nSPS) is 15.0. The maximum Gasteiger partial charge on any atom is 0.253 e. The van der Waals surface area contributed by atoms with Crippen molar-refractivity contribution < 1.29 is 4.79 Å². The zero-order chi connectivity index (χ0) is 19.5. The summed E-state index contributed by atoms with van der Waals surface area (Å²) in [5.41, 5.74) is 4.19. The lowest BCUT2D eigenvalue weighted by Crippen LogP contribution is -2.48. The Bertz CT molecular complexity index is 974. The first-order chi connectivity index (χ1) is 13.6. The monoisotopic (exact) mass is 376 g/mol. The second-order valence-corrected chi connectivity index (χ2v) is 7.20. The predicted molar refractivity (Wildman–Crippen MR) is 107 cm³/mol. The minimum atomic E-state index is 0.0625. The van der Waals surface area contributed by atoms with Crippen molar-refractivity contribution in [3.05, 3.63) is 65.2 Å². The number of benzene rings is 2. The third kappa shape index (κ3) is 3.80. The van der Waals surface area contributed by atoms with Crippen LogP contribution in [-0.2, 0) is 13.6 Å². The Morgan fingerprint density at radius 1 is 1.04 bits per heavy atom. The van der Waals surface area contributed by atoms with Crippen LogP contribution in [0.3, 0.4) is 0 Å². The summed E-state index contributed by atoms with van der Waals surface area (Å²) in [5.74, 6) is 0.713. The van der Waals surface area contributed by atoms with Gasteiger partial charge in [0.05, 0.1) is 0 Å². The first-order valence-corrected chi connectivity index (χ1v) is 9.51. The van der Waals surface area contributed by atoms with Gasteiger partial charge < -0.3 is 4.90 Å². The number of aromatic nitrogens is 4. The summed E-state index contributed by atoms with van der Waals surface area (Å²) < 4.78 is 1.61. The fourth-order valence-corrected chi connectivity index (χ4v) is 3.59. The van der Waals surface area contributed by atoms with Crippen molar-refractivity contribution in [3.8, 4) is 11.4 Å². The van der Waals surface area contributed by atoms with Crippen LogP contribution in [0.5, 0.6) is 0 Å². The zero-order valence-corrected chi connectivity index (χ0v) is 16.2. The molecule has 144 valence electrons. The number of rotatable bonds is 4. The molecule has 7 nitrogen and oxygen atoms in total. The highest BCUT2D eigenvalue weighted by molar-refractivity contribution is 5.95. The van der Waals surface area contributed by atoms with Gasteiger partial charge in [-0.15, -0.1) is 5.10 Å². The number of hydrogen-bond acceptors (Lipinski definition) is 5. The van der Waals surface area contributed by atoms with E-state index in [4.69, 9.17) is 0 Å². The van der Waals surface area contributed by atoms with E-state index in [0.717, 1.165) is 38.3 Å². The Balaban J connectivity index is 1.40. The third-order valence-electron chi connectivity index (χ3n) is 5.30. The van der Waals surface area contributed by atoms with Crippen molar-refractivity contribution >= 4 is 5.91 Å². The van der Waals surface area contributed by atoms with Gasteiger partial charge in [0, 0.05) is 50.9 Å². The molecule has 0 radical (unpaired) electrons. The molecule has 0 saturated carbocycles. The summed E-state index contributed by atoms with van der Waals surface area (Å²) in [6.45, 7) is 6.32. The number of hydrogen-bond donors (Lipinski definition) is 0. The Hall–Kier alpha value is -3.06. The van der Waals surface area contributed by atoms with Gasteiger partial charge in [0.2, 0.25) is 0 Å². The molecule has 3 aromatic rings. The zero-order valence-electron chi connectivity index (χ0n) is 16.2. The minimum absolute atomic E-state index is 0.0625. The van der Waals surface area contributed by atoms with E-state index in [0.29, 0.717) is 11.4 Å². The van der Waals surface area contributed by atoms with Gasteiger partial charge in [-0.1, -0.05) is 36.4 Å². The van der Waals surface area contributed by atoms with E-state index in [-0.39, 0.29) is 5.91 Å². The van der Waals surface area contributed by atoms with Gasteiger partial charge in [-0.25, -0.2) is 4.68 Å². The molecule has 28 heavy (non-hydrogen) atoms. The number of piperazine rings is 1. The van der Waals surface area contributed by atoms with Gasteiger partial charge >= 0.3 is 0 Å². The van der Waals surface area contributed by atoms with E-state index in [9.17, 15) is 4.79 Å². The molecule has 1 aliphatic heterocycles. The average molecular weight is 376 g/mol. The van der Waals surface area contributed by atoms with E-state index >= 15 is 0 Å². The molecule has 1 fully saturated rings. The second-order valence-electron chi connectivity index (χ2n) is 7.20. The summed E-state index contributed by atoms with van der Waals surface area (Å²) in [5, 5.41) is 11.6. The van der Waals surface area contributed by atoms with Crippen LogP contribution in [0, 0.1) is 6.92 Å². The SMILES string of the molecule is Cc1ccccc1CN1CCN(C(=O)c2cccc(-c3nnnn3C)c2)CC1. The van der Waals surface area contributed by atoms with Gasteiger partial charge in [-0.2, -0.15) is 0 Å². The third-order valence-corrected chi connectivity index (χ3v) is 5.30. The van der Waals surface area contributed by atoms with Crippen molar-refractivity contribution in [2.45, 2.75) is 13.5 Å². The first kappa shape index (κ1) is 18.3. The number of carbonyl (C=O) groups excluding carboxylic acids is 1. The van der Waals surface area contributed by atoms with Crippen molar-refractivity contribution in [3.63, 3.8) is 0 Å². The Labute approximate surface area is 164 Å². The molecule has 1 aliphatic rings. The summed E-state index contributed by atoms with van der Waals surface area (Å²) >= 11 is 0. The van der Waals surface area contributed by atoms with E-state index < -0.39 is 0 Å². The standard InChI is InChI=1S/C21H24N6O/c1-16-6-3-4-7-19(16)15-26-10-12-27(13-11-26)21(28)18-9-5-8-17(14-18)20-22-23-24-25(20)2/h3-9,14H,10-13,15H2,1-2H3. The lowest BCUT2D eigenvalue weighted by Gasteiger charge is -2.35. The van der Waals surface area contributed by atoms with E-state index in [1.807, 2.05) is 29.2 Å². The second kappa shape index (κ2) is 7.90. The lowest BCUT2D eigenvalue weighted by molar-refractivity contribution is 0.0628. The summed E-state index contributed by atoms with van der Waals surface area (Å²) in [6.07, 6.45) is 0. The van der Waals surface area contributed by atoms with Crippen molar-refractivity contribution in [2.75, 3.05) is 26.2 Å². The Morgan fingerprint density at radius 3 is 2.54 bits per heavy atom. The van der Waals surface area contributed by atoms with E-state index in [1.54, 1.807) is 11.7 Å². The number of tetrazole rings is 1. The molecule has 4 rings (SSSR count). The van der Waals surface area contributed by atoms with Gasteiger partial charge in [0.1, 0.15) is 0 Å². The smallest absolute Gasteiger partial charge is 0.253 e. The van der Waals surface area contributed by atoms with Crippen LogP contribution in [0.25, 0.3) is 11.4 Å². The molecule has 0 spiro atoms. The van der Waals surface area contributed by atoms with Crippen LogP contribution in [0.4, 0.5) is 0 Å². The molecule has 2 aromatic carbocycles. The summed E-state index contributed by atoms with van der Waals surface area (Å²) in [7, 11) is 1.79. The molecule has 0 atom stereocenters. The van der Waals surface area contributed by atoms with Crippen LogP contribution in [0.2, 0.25) is 0 Å². The Kier molecular flexibility index (Phi) is 5.16. The van der Waals surface area contributed by atoms with Crippen molar-refractivity contribution in [1.82, 2.24) is 30.0 Å². The van der Waals surface area contributed by atoms with Crippen LogP contribution >= 0.6 is 0 Å². The number of carbonyl (C=O) groups is 1. The molecule has 1 amide bonds. The number of nitrogens with zero attached hydrogens (tertiary/aromatic N) is 6. The largest absolute Gasteiger partial charge is 0.336 e. The molecule has 2 heterocycles. The maximum atomic E-state index is 13.0. The van der Waals surface area contributed by atoms with Crippen LogP contribution in [0.1, 0.15) is 21.5 Å². The summed E-state index contributed by atoms with van der Waals surface area (Å²) in [4.78, 5) is 17.3. The van der Waals surface area contributed by atoms with Gasteiger partial charge in [-0.3, -0.25) is 9.69 Å². The van der Waals surface area contributed by atoms with Crippen LogP contribution < -0.4 is 0 Å². The molecule has 1 saturated heterocycles. The van der Waals surface area contributed by atoms with Gasteiger partial charge in [0.25, 0.3) is 5.91 Å². The molecule has 0 bridgehead atoms. The van der Waals surface area contributed by atoms with Crippen LogP contribution in [-0.4, -0.2) is 62.1 Å². The van der Waals surface area contributed by atoms with E-state index in [1.165, 1.54) is 11.1 Å². The molecule has 1 aromatic heterocycles. The average Bonchev–Trinajstić information content (AvgIpc) is 3.16. The first-order valence-electron chi connectivity index (χ1n) is 9.51. The topological polar surface area (TPSA) is 67.2 Å². The molecule has 0 N–H and O–H groups in total. The van der Waals surface area contributed by atoms with Crippen molar-refractivity contribution in [1.29, 1.82) is 0 Å². The quantitative estimate of drug-likeness (QED) is 0.698. The van der Waals surface area contributed by atoms with Gasteiger partial charge in [0.15, 0.2) is 5.82 Å². The molecule has 0 aliphatic carbocycles. The van der Waals surface area contributed by atoms with Crippen molar-refractivity contribution in [2.24, 2.45) is 7.05 Å².